The molecule has 0 fully saturated rings. The van der Waals surface area contributed by atoms with E-state index in [1.807, 2.05) is 0 Å². The van der Waals surface area contributed by atoms with Gasteiger partial charge >= 0.3 is 0 Å². The van der Waals surface area contributed by atoms with E-state index in [0.29, 0.717) is 16.3 Å². The third kappa shape index (κ3) is 3.08. The summed E-state index contributed by atoms with van der Waals surface area (Å²) in [5.41, 5.74) is 5.86. The molecule has 0 unspecified atom stereocenters. The first kappa shape index (κ1) is 11.1. The van der Waals surface area contributed by atoms with Gasteiger partial charge in [-0.1, -0.05) is 29.4 Å². The zero-order valence-electron chi connectivity index (χ0n) is 7.21. The topological polar surface area (TPSA) is 64.4 Å². The van der Waals surface area contributed by atoms with E-state index >= 15 is 0 Å². The lowest BCUT2D eigenvalue weighted by Gasteiger charge is -2.02. The summed E-state index contributed by atoms with van der Waals surface area (Å²) in [7, 11) is 0. The van der Waals surface area contributed by atoms with Crippen molar-refractivity contribution in [1.29, 1.82) is 0 Å². The highest BCUT2D eigenvalue weighted by molar-refractivity contribution is 8.13. The molecule has 6 heteroatoms. The summed E-state index contributed by atoms with van der Waals surface area (Å²) >= 11 is 6.76. The van der Waals surface area contributed by atoms with Crippen molar-refractivity contribution < 1.29 is 4.39 Å². The number of hydrogen-bond acceptors (Lipinski definition) is 3. The van der Waals surface area contributed by atoms with Crippen LogP contribution in [0.4, 0.5) is 4.39 Å². The average Bonchev–Trinajstić information content (AvgIpc) is 2.16. The predicted octanol–water partition coefficient (Wildman–Crippen LogP) is 1.90. The fraction of sp³-hybridized carbons (Fsp3) is 0.125. The quantitative estimate of drug-likeness (QED) is 0.355. The first-order valence-electron chi connectivity index (χ1n) is 3.73. The number of hydrazone groups is 1. The molecule has 4 N–H and O–H groups in total. The van der Waals surface area contributed by atoms with Crippen LogP contribution in [0.5, 0.6) is 0 Å². The number of amidine groups is 1. The molecule has 0 atom stereocenters. The number of nitrogens with zero attached hydrogens (tertiary/aromatic N) is 1. The van der Waals surface area contributed by atoms with Crippen molar-refractivity contribution in [2.75, 3.05) is 0 Å². The van der Waals surface area contributed by atoms with Gasteiger partial charge in [0, 0.05) is 10.8 Å². The molecule has 0 aromatic heterocycles. The highest BCUT2D eigenvalue weighted by atomic mass is 35.5. The third-order valence-electron chi connectivity index (χ3n) is 1.52. The highest BCUT2D eigenvalue weighted by Crippen LogP contribution is 2.19. The van der Waals surface area contributed by atoms with E-state index in [0.717, 1.165) is 0 Å². The van der Waals surface area contributed by atoms with Gasteiger partial charge in [-0.2, -0.15) is 5.10 Å². The van der Waals surface area contributed by atoms with Crippen LogP contribution in [0.1, 0.15) is 5.56 Å². The Labute approximate surface area is 90.3 Å². The Bertz CT molecular complexity index is 356. The summed E-state index contributed by atoms with van der Waals surface area (Å²) in [5.74, 6) is 4.96. The van der Waals surface area contributed by atoms with Gasteiger partial charge in [0.25, 0.3) is 0 Å². The zero-order valence-corrected chi connectivity index (χ0v) is 8.78. The van der Waals surface area contributed by atoms with Crippen LogP contribution in [0.15, 0.2) is 23.3 Å². The van der Waals surface area contributed by atoms with Gasteiger partial charge in [-0.05, 0) is 17.7 Å². The lowest BCUT2D eigenvalue weighted by molar-refractivity contribution is 0.617. The summed E-state index contributed by atoms with van der Waals surface area (Å²) in [5, 5.41) is 3.85. The molecule has 0 spiro atoms. The molecule has 0 amide bonds. The van der Waals surface area contributed by atoms with Gasteiger partial charge in [0.1, 0.15) is 5.82 Å². The Balaban J connectivity index is 2.68. The number of nitrogens with two attached hydrogens (primary N) is 2. The molecule has 3 nitrogen and oxygen atoms in total. The van der Waals surface area contributed by atoms with Crippen molar-refractivity contribution in [3.05, 3.63) is 34.6 Å². The van der Waals surface area contributed by atoms with Gasteiger partial charge in [-0.15, -0.1) is 0 Å². The van der Waals surface area contributed by atoms with Crippen LogP contribution in [-0.2, 0) is 5.75 Å². The molecule has 0 saturated carbocycles. The van der Waals surface area contributed by atoms with Crippen LogP contribution in [-0.4, -0.2) is 5.17 Å². The molecule has 0 bridgehead atoms. The van der Waals surface area contributed by atoms with Crippen molar-refractivity contribution in [3.8, 4) is 0 Å². The van der Waals surface area contributed by atoms with Crippen molar-refractivity contribution in [2.45, 2.75) is 5.75 Å². The van der Waals surface area contributed by atoms with Crippen LogP contribution < -0.4 is 11.6 Å². The molecule has 14 heavy (non-hydrogen) atoms. The molecule has 76 valence electrons. The van der Waals surface area contributed by atoms with Crippen molar-refractivity contribution >= 4 is 28.5 Å². The Morgan fingerprint density at radius 3 is 2.86 bits per heavy atom. The Morgan fingerprint density at radius 2 is 2.29 bits per heavy atom. The van der Waals surface area contributed by atoms with Crippen LogP contribution in [0.2, 0.25) is 5.02 Å². The van der Waals surface area contributed by atoms with E-state index in [1.54, 1.807) is 12.1 Å². The SMILES string of the molecule is N/N=C(/N)SCc1ccc(Cl)cc1F. The first-order valence-corrected chi connectivity index (χ1v) is 5.10. The van der Waals surface area contributed by atoms with E-state index < -0.39 is 0 Å². The van der Waals surface area contributed by atoms with Gasteiger partial charge < -0.3 is 11.6 Å². The molecule has 0 aliphatic carbocycles. The van der Waals surface area contributed by atoms with Crippen molar-refractivity contribution in [1.82, 2.24) is 0 Å². The van der Waals surface area contributed by atoms with Gasteiger partial charge in [-0.3, -0.25) is 0 Å². The number of hydrogen-bond donors (Lipinski definition) is 2. The maximum absolute atomic E-state index is 13.2. The second kappa shape index (κ2) is 5.07. The summed E-state index contributed by atoms with van der Waals surface area (Å²) < 4.78 is 13.2. The van der Waals surface area contributed by atoms with Gasteiger partial charge in [0.15, 0.2) is 5.17 Å². The summed E-state index contributed by atoms with van der Waals surface area (Å²) in [6.07, 6.45) is 0. The molecule has 1 aromatic carbocycles. The maximum atomic E-state index is 13.2. The highest BCUT2D eigenvalue weighted by Gasteiger charge is 2.03. The molecule has 1 aromatic rings. The number of halogens is 2. The minimum atomic E-state index is -0.352. The fourth-order valence-corrected chi connectivity index (χ4v) is 1.60. The lowest BCUT2D eigenvalue weighted by Crippen LogP contribution is -2.09. The van der Waals surface area contributed by atoms with Crippen molar-refractivity contribution in [3.63, 3.8) is 0 Å². The first-order chi connectivity index (χ1) is 6.63. The minimum absolute atomic E-state index is 0.222. The van der Waals surface area contributed by atoms with E-state index in [2.05, 4.69) is 5.10 Å². The molecule has 0 radical (unpaired) electrons. The standard InChI is InChI=1S/C8H9ClFN3S/c9-6-2-1-5(7(10)3-6)4-14-8(11)13-12/h1-3H,4,12H2,(H2,11,13). The van der Waals surface area contributed by atoms with Crippen LogP contribution >= 0.6 is 23.4 Å². The summed E-state index contributed by atoms with van der Waals surface area (Å²) in [6.45, 7) is 0. The van der Waals surface area contributed by atoms with Crippen LogP contribution in [0, 0.1) is 5.82 Å². The van der Waals surface area contributed by atoms with Crippen molar-refractivity contribution in [2.24, 2.45) is 16.7 Å². The summed E-state index contributed by atoms with van der Waals surface area (Å²) in [6, 6.07) is 4.48. The van der Waals surface area contributed by atoms with Crippen LogP contribution in [0.3, 0.4) is 0 Å². The van der Waals surface area contributed by atoms with E-state index in [9.17, 15) is 4.39 Å². The molecule has 1 rings (SSSR count). The normalized spacial score (nSPS) is 11.7. The van der Waals surface area contributed by atoms with E-state index in [4.69, 9.17) is 23.2 Å². The smallest absolute Gasteiger partial charge is 0.177 e. The number of benzene rings is 1. The van der Waals surface area contributed by atoms with E-state index in [-0.39, 0.29) is 11.0 Å². The number of rotatable bonds is 2. The second-order valence-electron chi connectivity index (χ2n) is 2.49. The van der Waals surface area contributed by atoms with E-state index in [1.165, 1.54) is 17.8 Å². The second-order valence-corrected chi connectivity index (χ2v) is 3.92. The molecule has 0 aliphatic rings. The Morgan fingerprint density at radius 1 is 1.57 bits per heavy atom. The van der Waals surface area contributed by atoms with Crippen LogP contribution in [0.25, 0.3) is 0 Å². The molecule has 0 aliphatic heterocycles. The number of thioether (sulfide) groups is 1. The van der Waals surface area contributed by atoms with Gasteiger partial charge in [0.05, 0.1) is 0 Å². The molecule has 0 heterocycles. The summed E-state index contributed by atoms with van der Waals surface area (Å²) in [4.78, 5) is 0. The Kier molecular flexibility index (Phi) is 4.03. The molecular formula is C8H9ClFN3S. The monoisotopic (exact) mass is 233 g/mol. The fourth-order valence-electron chi connectivity index (χ4n) is 0.828. The largest absolute Gasteiger partial charge is 0.377 e. The maximum Gasteiger partial charge on any atom is 0.177 e. The lowest BCUT2D eigenvalue weighted by atomic mass is 10.2. The third-order valence-corrected chi connectivity index (χ3v) is 2.61. The molecule has 0 saturated heterocycles. The average molecular weight is 234 g/mol. The minimum Gasteiger partial charge on any atom is -0.377 e. The zero-order chi connectivity index (χ0) is 10.6. The van der Waals surface area contributed by atoms with Gasteiger partial charge in [0.2, 0.25) is 0 Å². The molecular weight excluding hydrogens is 225 g/mol. The Hall–Kier alpha value is -0.940. The predicted molar refractivity (Wildman–Crippen MR) is 58.5 cm³/mol. The van der Waals surface area contributed by atoms with Gasteiger partial charge in [-0.25, -0.2) is 4.39 Å².